The second kappa shape index (κ2) is 10.6. The summed E-state index contributed by atoms with van der Waals surface area (Å²) >= 11 is 11.9. The van der Waals surface area contributed by atoms with E-state index >= 15 is 0 Å². The summed E-state index contributed by atoms with van der Waals surface area (Å²) in [5.74, 6) is -1.10. The first-order valence-corrected chi connectivity index (χ1v) is 10.0. The molecule has 3 rings (SSSR count). The number of hydrazone groups is 1. The quantitative estimate of drug-likeness (QED) is 0.312. The third-order valence-corrected chi connectivity index (χ3v) is 4.94. The van der Waals surface area contributed by atoms with Crippen molar-refractivity contribution in [1.82, 2.24) is 5.43 Å². The summed E-state index contributed by atoms with van der Waals surface area (Å²) < 4.78 is 5.76. The van der Waals surface area contributed by atoms with E-state index in [2.05, 4.69) is 15.8 Å². The molecule has 0 bridgehead atoms. The fourth-order valence-corrected chi connectivity index (χ4v) is 2.87. The van der Waals surface area contributed by atoms with Crippen molar-refractivity contribution in [2.45, 2.75) is 13.5 Å². The number of carbonyl (C=O) groups excluding carboxylic acids is 2. The Hall–Kier alpha value is -3.35. The molecule has 6 nitrogen and oxygen atoms in total. The Bertz CT molecular complexity index is 1120. The van der Waals surface area contributed by atoms with Gasteiger partial charge in [0, 0.05) is 15.7 Å². The molecule has 0 unspecified atom stereocenters. The van der Waals surface area contributed by atoms with Crippen LogP contribution >= 0.6 is 23.2 Å². The first-order chi connectivity index (χ1) is 14.9. The highest BCUT2D eigenvalue weighted by Crippen LogP contribution is 2.22. The molecule has 0 aliphatic rings. The highest BCUT2D eigenvalue weighted by molar-refractivity contribution is 6.40. The Balaban J connectivity index is 1.53. The fourth-order valence-electron chi connectivity index (χ4n) is 2.57. The molecule has 2 amide bonds. The molecule has 3 aromatic carbocycles. The lowest BCUT2D eigenvalue weighted by Gasteiger charge is -2.08. The highest BCUT2D eigenvalue weighted by Gasteiger charge is 2.14. The molecule has 0 fully saturated rings. The van der Waals surface area contributed by atoms with Crippen LogP contribution in [-0.2, 0) is 16.2 Å². The lowest BCUT2D eigenvalue weighted by Crippen LogP contribution is -2.32. The Morgan fingerprint density at radius 3 is 2.52 bits per heavy atom. The molecule has 0 spiro atoms. The minimum absolute atomic E-state index is 0.386. The Kier molecular flexibility index (Phi) is 7.65. The largest absolute Gasteiger partial charge is 0.489 e. The SMILES string of the molecule is Cc1c(Cl)cccc1NC(=O)C(=O)N/N=C/c1cccc(OCc2ccc(Cl)cc2)c1. The normalized spacial score (nSPS) is 10.7. The first kappa shape index (κ1) is 22.3. The lowest BCUT2D eigenvalue weighted by atomic mass is 10.2. The third-order valence-electron chi connectivity index (χ3n) is 4.28. The topological polar surface area (TPSA) is 79.8 Å². The van der Waals surface area contributed by atoms with Gasteiger partial charge < -0.3 is 10.1 Å². The molecular formula is C23H19Cl2N3O3. The summed E-state index contributed by atoms with van der Waals surface area (Å²) in [6.07, 6.45) is 1.42. The van der Waals surface area contributed by atoms with Crippen molar-refractivity contribution in [3.05, 3.63) is 93.5 Å². The van der Waals surface area contributed by atoms with Gasteiger partial charge in [0.05, 0.1) is 6.21 Å². The zero-order valence-electron chi connectivity index (χ0n) is 16.6. The molecule has 0 saturated heterocycles. The lowest BCUT2D eigenvalue weighted by molar-refractivity contribution is -0.136. The molecule has 158 valence electrons. The number of halogens is 2. The van der Waals surface area contributed by atoms with E-state index in [-0.39, 0.29) is 0 Å². The second-order valence-electron chi connectivity index (χ2n) is 6.55. The van der Waals surface area contributed by atoms with E-state index in [1.54, 1.807) is 55.5 Å². The van der Waals surface area contributed by atoms with Crippen LogP contribution in [0.3, 0.4) is 0 Å². The molecule has 2 N–H and O–H groups in total. The van der Waals surface area contributed by atoms with E-state index in [0.717, 1.165) is 5.56 Å². The molecule has 31 heavy (non-hydrogen) atoms. The van der Waals surface area contributed by atoms with E-state index in [4.69, 9.17) is 27.9 Å². The van der Waals surface area contributed by atoms with Crippen molar-refractivity contribution in [3.8, 4) is 5.75 Å². The van der Waals surface area contributed by atoms with Crippen molar-refractivity contribution in [3.63, 3.8) is 0 Å². The predicted molar refractivity (Wildman–Crippen MR) is 123 cm³/mol. The van der Waals surface area contributed by atoms with Crippen molar-refractivity contribution in [2.24, 2.45) is 5.10 Å². The van der Waals surface area contributed by atoms with Gasteiger partial charge in [0.25, 0.3) is 0 Å². The summed E-state index contributed by atoms with van der Waals surface area (Å²) in [7, 11) is 0. The second-order valence-corrected chi connectivity index (χ2v) is 7.40. The Morgan fingerprint density at radius 1 is 1.00 bits per heavy atom. The van der Waals surface area contributed by atoms with Gasteiger partial charge in [-0.05, 0) is 60.0 Å². The van der Waals surface area contributed by atoms with Crippen LogP contribution in [0.2, 0.25) is 10.0 Å². The van der Waals surface area contributed by atoms with Crippen molar-refractivity contribution < 1.29 is 14.3 Å². The maximum absolute atomic E-state index is 12.0. The van der Waals surface area contributed by atoms with Gasteiger partial charge in [-0.1, -0.05) is 53.5 Å². The van der Waals surface area contributed by atoms with Crippen LogP contribution in [0.4, 0.5) is 5.69 Å². The van der Waals surface area contributed by atoms with Gasteiger partial charge in [-0.15, -0.1) is 0 Å². The zero-order chi connectivity index (χ0) is 22.2. The number of ether oxygens (including phenoxy) is 1. The maximum Gasteiger partial charge on any atom is 0.329 e. The van der Waals surface area contributed by atoms with Gasteiger partial charge >= 0.3 is 11.8 Å². The van der Waals surface area contributed by atoms with Gasteiger partial charge in [0.1, 0.15) is 12.4 Å². The minimum atomic E-state index is -0.897. The fraction of sp³-hybridized carbons (Fsp3) is 0.0870. The minimum Gasteiger partial charge on any atom is -0.489 e. The number of amides is 2. The molecule has 0 saturated carbocycles. The Labute approximate surface area is 189 Å². The molecule has 0 aliphatic heterocycles. The summed E-state index contributed by atoms with van der Waals surface area (Å²) in [4.78, 5) is 24.0. The van der Waals surface area contributed by atoms with E-state index in [9.17, 15) is 9.59 Å². The van der Waals surface area contributed by atoms with Crippen molar-refractivity contribution in [1.29, 1.82) is 0 Å². The maximum atomic E-state index is 12.0. The van der Waals surface area contributed by atoms with Crippen LogP contribution in [-0.4, -0.2) is 18.0 Å². The van der Waals surface area contributed by atoms with Crippen LogP contribution in [0.25, 0.3) is 0 Å². The first-order valence-electron chi connectivity index (χ1n) is 9.29. The summed E-state index contributed by atoms with van der Waals surface area (Å²) in [6.45, 7) is 2.13. The van der Waals surface area contributed by atoms with E-state index in [1.165, 1.54) is 6.21 Å². The van der Waals surface area contributed by atoms with Crippen LogP contribution in [0, 0.1) is 6.92 Å². The molecule has 3 aromatic rings. The van der Waals surface area contributed by atoms with E-state index < -0.39 is 11.8 Å². The predicted octanol–water partition coefficient (Wildman–Crippen LogP) is 4.97. The number of hydrogen-bond acceptors (Lipinski definition) is 4. The average Bonchev–Trinajstić information content (AvgIpc) is 2.77. The molecule has 0 atom stereocenters. The smallest absolute Gasteiger partial charge is 0.329 e. The number of benzene rings is 3. The number of nitrogens with zero attached hydrogens (tertiary/aromatic N) is 1. The number of rotatable bonds is 6. The van der Waals surface area contributed by atoms with Crippen LogP contribution in [0.1, 0.15) is 16.7 Å². The summed E-state index contributed by atoms with van der Waals surface area (Å²) in [6, 6.07) is 19.6. The number of carbonyl (C=O) groups is 2. The van der Waals surface area contributed by atoms with Gasteiger partial charge in [0.15, 0.2) is 0 Å². The van der Waals surface area contributed by atoms with Gasteiger partial charge in [0.2, 0.25) is 0 Å². The number of nitrogens with one attached hydrogen (secondary N) is 2. The third kappa shape index (κ3) is 6.57. The number of anilines is 1. The molecule has 0 aromatic heterocycles. The number of hydrogen-bond donors (Lipinski definition) is 2. The van der Waals surface area contributed by atoms with Crippen LogP contribution in [0.5, 0.6) is 5.75 Å². The van der Waals surface area contributed by atoms with Gasteiger partial charge in [-0.25, -0.2) is 5.43 Å². The Morgan fingerprint density at radius 2 is 1.74 bits per heavy atom. The van der Waals surface area contributed by atoms with Crippen molar-refractivity contribution in [2.75, 3.05) is 5.32 Å². The van der Waals surface area contributed by atoms with Gasteiger partial charge in [-0.3, -0.25) is 9.59 Å². The molecular weight excluding hydrogens is 437 g/mol. The molecule has 0 radical (unpaired) electrons. The van der Waals surface area contributed by atoms with E-state index in [0.29, 0.717) is 39.2 Å². The van der Waals surface area contributed by atoms with E-state index in [1.807, 2.05) is 18.2 Å². The van der Waals surface area contributed by atoms with Crippen LogP contribution < -0.4 is 15.5 Å². The average molecular weight is 456 g/mol. The summed E-state index contributed by atoms with van der Waals surface area (Å²) in [5, 5.41) is 7.50. The summed E-state index contributed by atoms with van der Waals surface area (Å²) in [5.41, 5.74) is 5.01. The molecule has 0 aliphatic carbocycles. The molecule has 8 heteroatoms. The van der Waals surface area contributed by atoms with Crippen molar-refractivity contribution >= 4 is 46.9 Å². The monoisotopic (exact) mass is 455 g/mol. The van der Waals surface area contributed by atoms with Crippen LogP contribution in [0.15, 0.2) is 71.8 Å². The highest BCUT2D eigenvalue weighted by atomic mass is 35.5. The molecule has 0 heterocycles. The standard InChI is InChI=1S/C23H19Cl2N3O3/c1-15-20(25)6-3-7-21(15)27-22(29)23(30)28-26-13-17-4-2-5-19(12-17)31-14-16-8-10-18(24)11-9-16/h2-13H,14H2,1H3,(H,27,29)(H,28,30)/b26-13+. The zero-order valence-corrected chi connectivity index (χ0v) is 18.1. The van der Waals surface area contributed by atoms with Gasteiger partial charge in [-0.2, -0.15) is 5.10 Å².